The topological polar surface area (TPSA) is 76.6 Å². The van der Waals surface area contributed by atoms with Crippen LogP contribution >= 0.6 is 11.3 Å². The van der Waals surface area contributed by atoms with E-state index in [9.17, 15) is 4.79 Å². The van der Waals surface area contributed by atoms with Crippen molar-refractivity contribution in [2.75, 3.05) is 61.2 Å². The molecule has 10 heteroatoms. The summed E-state index contributed by atoms with van der Waals surface area (Å²) in [7, 11) is 6.61. The van der Waals surface area contributed by atoms with Crippen LogP contribution < -0.4 is 18.9 Å². The van der Waals surface area contributed by atoms with Gasteiger partial charge in [0.1, 0.15) is 22.2 Å². The Kier molecular flexibility index (Phi) is 11.3. The van der Waals surface area contributed by atoms with Gasteiger partial charge in [0.05, 0.1) is 35.0 Å². The standard InChI is InChI=1S/C35H42N4O5S/c1-41-29-12-11-28(32(21-29)43-3)23-38(15-14-26-10-13-31(42-2)33(20-26)44-4)24-34-36-30(25-45-34)35(40)39-18-16-37(17-19-39)22-27-8-6-5-7-9-27/h5-13,20-21,25H,14-19,22-24H2,1-4H3. The third-order valence-corrected chi connectivity index (χ3v) is 8.92. The second-order valence-electron chi connectivity index (χ2n) is 11.0. The maximum atomic E-state index is 13.4. The molecule has 1 saturated heterocycles. The van der Waals surface area contributed by atoms with Crippen LogP contribution in [0, 0.1) is 0 Å². The van der Waals surface area contributed by atoms with Crippen molar-refractivity contribution in [3.63, 3.8) is 0 Å². The molecule has 1 fully saturated rings. The summed E-state index contributed by atoms with van der Waals surface area (Å²) >= 11 is 1.53. The molecule has 0 aliphatic carbocycles. The van der Waals surface area contributed by atoms with Gasteiger partial charge in [-0.15, -0.1) is 11.3 Å². The molecule has 2 heterocycles. The number of thiazole rings is 1. The van der Waals surface area contributed by atoms with Gasteiger partial charge in [-0.25, -0.2) is 4.98 Å². The second kappa shape index (κ2) is 15.7. The SMILES string of the molecule is COc1ccc(CN(CCc2ccc(OC)c(OC)c2)Cc2nc(C(=O)N3CCN(Cc4ccccc4)CC3)cs2)c(OC)c1. The molecule has 0 radical (unpaired) electrons. The number of carbonyl (C=O) groups excluding carboxylic acids is 1. The number of benzene rings is 3. The van der Waals surface area contributed by atoms with Gasteiger partial charge in [-0.05, 0) is 35.7 Å². The number of hydrogen-bond acceptors (Lipinski definition) is 9. The van der Waals surface area contributed by atoms with Crippen LogP contribution in [-0.2, 0) is 26.1 Å². The van der Waals surface area contributed by atoms with Crippen molar-refractivity contribution in [3.8, 4) is 23.0 Å². The summed E-state index contributed by atoms with van der Waals surface area (Å²) in [6.07, 6.45) is 0.795. The molecule has 0 atom stereocenters. The summed E-state index contributed by atoms with van der Waals surface area (Å²) in [6.45, 7) is 6.02. The Bertz CT molecular complexity index is 1540. The van der Waals surface area contributed by atoms with E-state index in [0.29, 0.717) is 43.4 Å². The predicted octanol–water partition coefficient (Wildman–Crippen LogP) is 5.38. The van der Waals surface area contributed by atoms with Crippen molar-refractivity contribution >= 4 is 17.2 Å². The maximum Gasteiger partial charge on any atom is 0.273 e. The Morgan fingerprint density at radius 1 is 0.800 bits per heavy atom. The van der Waals surface area contributed by atoms with Crippen molar-refractivity contribution in [1.82, 2.24) is 19.7 Å². The molecule has 0 bridgehead atoms. The molecule has 3 aromatic carbocycles. The van der Waals surface area contributed by atoms with E-state index < -0.39 is 0 Å². The Balaban J connectivity index is 1.25. The summed E-state index contributed by atoms with van der Waals surface area (Å²) in [5.74, 6) is 2.94. The van der Waals surface area contributed by atoms with Crippen molar-refractivity contribution in [2.24, 2.45) is 0 Å². The van der Waals surface area contributed by atoms with Crippen LogP contribution in [0.15, 0.2) is 72.1 Å². The smallest absolute Gasteiger partial charge is 0.273 e. The van der Waals surface area contributed by atoms with E-state index in [0.717, 1.165) is 60.2 Å². The van der Waals surface area contributed by atoms with Crippen LogP contribution in [0.2, 0.25) is 0 Å². The van der Waals surface area contributed by atoms with Gasteiger partial charge >= 0.3 is 0 Å². The first-order valence-electron chi connectivity index (χ1n) is 15.1. The fraction of sp³-hybridized carbons (Fsp3) is 0.371. The summed E-state index contributed by atoms with van der Waals surface area (Å²) < 4.78 is 22.0. The van der Waals surface area contributed by atoms with Crippen LogP contribution in [0.1, 0.15) is 32.2 Å². The molecule has 0 saturated carbocycles. The molecule has 1 amide bonds. The van der Waals surface area contributed by atoms with Gasteiger partial charge < -0.3 is 23.8 Å². The van der Waals surface area contributed by atoms with E-state index in [-0.39, 0.29) is 5.91 Å². The highest BCUT2D eigenvalue weighted by Crippen LogP contribution is 2.29. The van der Waals surface area contributed by atoms with E-state index >= 15 is 0 Å². The Morgan fingerprint density at radius 2 is 1.56 bits per heavy atom. The predicted molar refractivity (Wildman–Crippen MR) is 177 cm³/mol. The molecule has 1 aromatic heterocycles. The molecule has 5 rings (SSSR count). The number of carbonyl (C=O) groups is 1. The second-order valence-corrected chi connectivity index (χ2v) is 12.0. The molecule has 0 N–H and O–H groups in total. The third kappa shape index (κ3) is 8.54. The molecule has 4 aromatic rings. The first-order chi connectivity index (χ1) is 22.0. The normalized spacial score (nSPS) is 13.6. The van der Waals surface area contributed by atoms with E-state index in [1.807, 2.05) is 46.7 Å². The number of piperazine rings is 1. The molecule has 1 aliphatic rings. The van der Waals surface area contributed by atoms with Crippen LogP contribution in [-0.4, -0.2) is 86.8 Å². The number of rotatable bonds is 14. The summed E-state index contributed by atoms with van der Waals surface area (Å²) in [5.41, 5.74) is 4.00. The van der Waals surface area contributed by atoms with Gasteiger partial charge in [0.15, 0.2) is 11.5 Å². The number of nitrogens with zero attached hydrogens (tertiary/aromatic N) is 4. The monoisotopic (exact) mass is 630 g/mol. The number of ether oxygens (including phenoxy) is 4. The third-order valence-electron chi connectivity index (χ3n) is 8.09. The Hall–Kier alpha value is -4.12. The highest BCUT2D eigenvalue weighted by Gasteiger charge is 2.24. The largest absolute Gasteiger partial charge is 0.497 e. The number of hydrogen-bond donors (Lipinski definition) is 0. The average Bonchev–Trinajstić information content (AvgIpc) is 3.56. The highest BCUT2D eigenvalue weighted by molar-refractivity contribution is 7.09. The lowest BCUT2D eigenvalue weighted by Gasteiger charge is -2.34. The minimum atomic E-state index is 0.00515. The molecular weight excluding hydrogens is 588 g/mol. The summed E-state index contributed by atoms with van der Waals surface area (Å²) in [5, 5.41) is 2.80. The fourth-order valence-corrected chi connectivity index (χ4v) is 6.36. The lowest BCUT2D eigenvalue weighted by molar-refractivity contribution is 0.0623. The van der Waals surface area contributed by atoms with Crippen molar-refractivity contribution in [2.45, 2.75) is 26.1 Å². The molecule has 1 aliphatic heterocycles. The molecule has 0 spiro atoms. The quantitative estimate of drug-likeness (QED) is 0.184. The minimum absolute atomic E-state index is 0.00515. The van der Waals surface area contributed by atoms with Gasteiger partial charge in [0.25, 0.3) is 5.91 Å². The zero-order valence-electron chi connectivity index (χ0n) is 26.5. The van der Waals surface area contributed by atoms with E-state index in [1.54, 1.807) is 28.4 Å². The van der Waals surface area contributed by atoms with Crippen LogP contribution in [0.5, 0.6) is 23.0 Å². The van der Waals surface area contributed by atoms with Crippen molar-refractivity contribution < 1.29 is 23.7 Å². The van der Waals surface area contributed by atoms with Gasteiger partial charge in [-0.2, -0.15) is 0 Å². The molecule has 9 nitrogen and oxygen atoms in total. The first kappa shape index (κ1) is 32.3. The fourth-order valence-electron chi connectivity index (χ4n) is 5.55. The van der Waals surface area contributed by atoms with Gasteiger partial charge in [0, 0.05) is 62.8 Å². The number of methoxy groups -OCH3 is 4. The molecule has 238 valence electrons. The van der Waals surface area contributed by atoms with E-state index in [4.69, 9.17) is 23.9 Å². The van der Waals surface area contributed by atoms with Gasteiger partial charge in [-0.3, -0.25) is 14.6 Å². The summed E-state index contributed by atoms with van der Waals surface area (Å²) in [4.78, 5) is 24.9. The van der Waals surface area contributed by atoms with Crippen molar-refractivity contribution in [1.29, 1.82) is 0 Å². The molecule has 0 unspecified atom stereocenters. The number of amides is 1. The molecular formula is C35H42N4O5S. The minimum Gasteiger partial charge on any atom is -0.497 e. The van der Waals surface area contributed by atoms with Gasteiger partial charge in [0.2, 0.25) is 0 Å². The van der Waals surface area contributed by atoms with E-state index in [2.05, 4.69) is 40.1 Å². The van der Waals surface area contributed by atoms with Crippen LogP contribution in [0.25, 0.3) is 0 Å². The number of aromatic nitrogens is 1. The average molecular weight is 631 g/mol. The zero-order chi connectivity index (χ0) is 31.6. The Labute approximate surface area is 269 Å². The lowest BCUT2D eigenvalue weighted by atomic mass is 10.1. The Morgan fingerprint density at radius 3 is 2.27 bits per heavy atom. The van der Waals surface area contributed by atoms with E-state index in [1.165, 1.54) is 16.9 Å². The zero-order valence-corrected chi connectivity index (χ0v) is 27.3. The highest BCUT2D eigenvalue weighted by atomic mass is 32.1. The lowest BCUT2D eigenvalue weighted by Crippen LogP contribution is -2.48. The maximum absolute atomic E-state index is 13.4. The van der Waals surface area contributed by atoms with Gasteiger partial charge in [-0.1, -0.05) is 42.5 Å². The van der Waals surface area contributed by atoms with Crippen LogP contribution in [0.4, 0.5) is 0 Å². The first-order valence-corrected chi connectivity index (χ1v) is 16.0. The van der Waals surface area contributed by atoms with Crippen molar-refractivity contribution in [3.05, 3.63) is 99.5 Å². The van der Waals surface area contributed by atoms with Crippen LogP contribution in [0.3, 0.4) is 0 Å². The molecule has 45 heavy (non-hydrogen) atoms. The summed E-state index contributed by atoms with van der Waals surface area (Å²) in [6, 6.07) is 22.4.